The molecule has 2 aromatic rings. The maximum absolute atomic E-state index is 13.1. The Morgan fingerprint density at radius 3 is 2.51 bits per heavy atom. The predicted molar refractivity (Wildman–Crippen MR) is 123 cm³/mol. The van der Waals surface area contributed by atoms with Crippen molar-refractivity contribution in [3.8, 4) is 5.75 Å². The molecule has 2 heterocycles. The van der Waals surface area contributed by atoms with Crippen LogP contribution in [0, 0.1) is 11.8 Å². The van der Waals surface area contributed by atoms with Crippen LogP contribution in [0.1, 0.15) is 43.7 Å². The Balaban J connectivity index is 1.77. The highest BCUT2D eigenvalue weighted by Gasteiger charge is 2.35. The van der Waals surface area contributed by atoms with Gasteiger partial charge in [0.2, 0.25) is 11.8 Å². The summed E-state index contributed by atoms with van der Waals surface area (Å²) in [4.78, 5) is 56.8. The molecular formula is C23H28F3N5O6. The van der Waals surface area contributed by atoms with E-state index in [0.29, 0.717) is 13.0 Å². The van der Waals surface area contributed by atoms with Gasteiger partial charge in [-0.15, -0.1) is 13.2 Å². The number of aromatic amines is 1. The highest BCUT2D eigenvalue weighted by Crippen LogP contribution is 2.29. The van der Waals surface area contributed by atoms with Crippen LogP contribution in [0.4, 0.5) is 13.2 Å². The Labute approximate surface area is 209 Å². The SMILES string of the molecule is COC(=O)[C@H](C[C@@H]1CCNC1=O)NC(=O)[C@H](CC(C)C)NC(=O)c1nc2c(OC(F)(F)F)cccc2[nH]1. The number of imidazole rings is 1. The molecule has 3 atom stereocenters. The Morgan fingerprint density at radius 1 is 1.19 bits per heavy atom. The van der Waals surface area contributed by atoms with E-state index in [1.807, 2.05) is 13.8 Å². The van der Waals surface area contributed by atoms with Gasteiger partial charge >= 0.3 is 12.3 Å². The number of benzene rings is 1. The van der Waals surface area contributed by atoms with Crippen molar-refractivity contribution < 1.29 is 41.8 Å². The second-order valence-corrected chi connectivity index (χ2v) is 9.04. The molecule has 3 rings (SSSR count). The molecule has 0 saturated carbocycles. The Hall–Kier alpha value is -3.84. The predicted octanol–water partition coefficient (Wildman–Crippen LogP) is 1.79. The van der Waals surface area contributed by atoms with Gasteiger partial charge < -0.3 is 30.4 Å². The third-order valence-electron chi connectivity index (χ3n) is 5.73. The maximum atomic E-state index is 13.1. The number of ether oxygens (including phenoxy) is 2. The first kappa shape index (κ1) is 27.7. The first-order valence-electron chi connectivity index (χ1n) is 11.6. The molecule has 1 saturated heterocycles. The van der Waals surface area contributed by atoms with Gasteiger partial charge in [-0.25, -0.2) is 9.78 Å². The van der Waals surface area contributed by atoms with Crippen LogP contribution in [0.3, 0.4) is 0 Å². The fraction of sp³-hybridized carbons (Fsp3) is 0.522. The normalized spacial score (nSPS) is 17.3. The number of hydrogen-bond acceptors (Lipinski definition) is 7. The molecule has 202 valence electrons. The summed E-state index contributed by atoms with van der Waals surface area (Å²) in [6.45, 7) is 4.09. The topological polar surface area (TPSA) is 152 Å². The van der Waals surface area contributed by atoms with Crippen molar-refractivity contribution in [2.75, 3.05) is 13.7 Å². The molecule has 1 aromatic carbocycles. The van der Waals surface area contributed by atoms with Crippen LogP contribution >= 0.6 is 0 Å². The molecule has 0 spiro atoms. The number of carbonyl (C=O) groups is 4. The third kappa shape index (κ3) is 7.33. The fourth-order valence-corrected chi connectivity index (χ4v) is 4.03. The van der Waals surface area contributed by atoms with Crippen LogP contribution in [-0.4, -0.2) is 65.8 Å². The number of nitrogens with one attached hydrogen (secondary N) is 4. The monoisotopic (exact) mass is 527 g/mol. The number of fused-ring (bicyclic) bond motifs is 1. The lowest BCUT2D eigenvalue weighted by atomic mass is 9.97. The number of H-pyrrole nitrogens is 1. The van der Waals surface area contributed by atoms with Gasteiger partial charge in [0.25, 0.3) is 5.91 Å². The highest BCUT2D eigenvalue weighted by atomic mass is 19.4. The van der Waals surface area contributed by atoms with Gasteiger partial charge in [-0.1, -0.05) is 19.9 Å². The lowest BCUT2D eigenvalue weighted by Crippen LogP contribution is -2.53. The number of methoxy groups -OCH3 is 1. The summed E-state index contributed by atoms with van der Waals surface area (Å²) >= 11 is 0. The summed E-state index contributed by atoms with van der Waals surface area (Å²) in [5.41, 5.74) is -0.0900. The molecule has 1 aliphatic heterocycles. The number of halogens is 3. The molecule has 0 radical (unpaired) electrons. The van der Waals surface area contributed by atoms with E-state index >= 15 is 0 Å². The molecule has 4 N–H and O–H groups in total. The van der Waals surface area contributed by atoms with Crippen LogP contribution in [0.15, 0.2) is 18.2 Å². The van der Waals surface area contributed by atoms with Gasteiger partial charge in [-0.05, 0) is 37.3 Å². The van der Waals surface area contributed by atoms with Crippen LogP contribution in [-0.2, 0) is 19.1 Å². The van der Waals surface area contributed by atoms with Crippen molar-refractivity contribution in [1.29, 1.82) is 0 Å². The Kier molecular flexibility index (Phi) is 8.61. The molecule has 1 aromatic heterocycles. The van der Waals surface area contributed by atoms with Crippen molar-refractivity contribution in [3.63, 3.8) is 0 Å². The number of rotatable bonds is 10. The van der Waals surface area contributed by atoms with E-state index < -0.39 is 47.9 Å². The fourth-order valence-electron chi connectivity index (χ4n) is 4.03. The lowest BCUT2D eigenvalue weighted by molar-refractivity contribution is -0.274. The number of hydrogen-bond donors (Lipinski definition) is 4. The van der Waals surface area contributed by atoms with Crippen LogP contribution in [0.25, 0.3) is 11.0 Å². The van der Waals surface area contributed by atoms with E-state index in [0.717, 1.165) is 13.2 Å². The molecule has 0 aliphatic carbocycles. The van der Waals surface area contributed by atoms with E-state index in [4.69, 9.17) is 4.74 Å². The first-order valence-corrected chi connectivity index (χ1v) is 11.6. The second-order valence-electron chi connectivity index (χ2n) is 9.04. The van der Waals surface area contributed by atoms with Gasteiger partial charge in [0.05, 0.1) is 12.6 Å². The molecular weight excluding hydrogens is 499 g/mol. The summed E-state index contributed by atoms with van der Waals surface area (Å²) in [6, 6.07) is 1.55. The van der Waals surface area contributed by atoms with E-state index in [2.05, 4.69) is 30.7 Å². The van der Waals surface area contributed by atoms with Crippen molar-refractivity contribution >= 4 is 34.7 Å². The van der Waals surface area contributed by atoms with E-state index in [1.165, 1.54) is 12.1 Å². The van der Waals surface area contributed by atoms with Crippen molar-refractivity contribution in [3.05, 3.63) is 24.0 Å². The second kappa shape index (κ2) is 11.5. The molecule has 37 heavy (non-hydrogen) atoms. The standard InChI is InChI=1S/C23H28F3N5O6/c1-11(2)9-14(20(33)30-15(22(35)36-3)10-12-7-8-27-19(12)32)29-21(34)18-28-13-5-4-6-16(17(13)31-18)37-23(24,25)26/h4-6,11-12,14-15H,7-10H2,1-3H3,(H,27,32)(H,28,31)(H,29,34)(H,30,33)/t12-,14-,15-/m0/s1. The average Bonchev–Trinajstić information content (AvgIpc) is 3.43. The van der Waals surface area contributed by atoms with Gasteiger partial charge in [-0.2, -0.15) is 0 Å². The van der Waals surface area contributed by atoms with Gasteiger partial charge in [0.1, 0.15) is 17.6 Å². The third-order valence-corrected chi connectivity index (χ3v) is 5.73. The van der Waals surface area contributed by atoms with Gasteiger partial charge in [0.15, 0.2) is 11.6 Å². The number of nitrogens with zero attached hydrogens (tertiary/aromatic N) is 1. The summed E-state index contributed by atoms with van der Waals surface area (Å²) < 4.78 is 46.9. The molecule has 11 nitrogen and oxygen atoms in total. The van der Waals surface area contributed by atoms with Gasteiger partial charge in [-0.3, -0.25) is 14.4 Å². The number of amides is 3. The zero-order valence-corrected chi connectivity index (χ0v) is 20.4. The molecule has 3 amide bonds. The van der Waals surface area contributed by atoms with Gasteiger partial charge in [0, 0.05) is 12.5 Å². The molecule has 14 heteroatoms. The quantitative estimate of drug-likeness (QED) is 0.344. The summed E-state index contributed by atoms with van der Waals surface area (Å²) in [5.74, 6) is -3.96. The maximum Gasteiger partial charge on any atom is 0.573 e. The lowest BCUT2D eigenvalue weighted by Gasteiger charge is -2.24. The Morgan fingerprint density at radius 2 is 1.92 bits per heavy atom. The van der Waals surface area contributed by atoms with E-state index in [-0.39, 0.29) is 41.5 Å². The number of esters is 1. The minimum atomic E-state index is -4.95. The zero-order chi connectivity index (χ0) is 27.3. The van der Waals surface area contributed by atoms with E-state index in [9.17, 15) is 32.3 Å². The molecule has 1 aliphatic rings. The number of aromatic nitrogens is 2. The molecule has 0 unspecified atom stereocenters. The van der Waals surface area contributed by atoms with Crippen LogP contribution in [0.2, 0.25) is 0 Å². The van der Waals surface area contributed by atoms with Crippen molar-refractivity contribution in [2.45, 2.75) is 51.6 Å². The minimum absolute atomic E-state index is 0.0259. The van der Waals surface area contributed by atoms with Crippen LogP contribution < -0.4 is 20.7 Å². The van der Waals surface area contributed by atoms with Crippen LogP contribution in [0.5, 0.6) is 5.75 Å². The van der Waals surface area contributed by atoms with E-state index in [1.54, 1.807) is 0 Å². The minimum Gasteiger partial charge on any atom is -0.467 e. The molecule has 0 bridgehead atoms. The van der Waals surface area contributed by atoms with Crippen molar-refractivity contribution in [1.82, 2.24) is 25.9 Å². The average molecular weight is 528 g/mol. The molecule has 1 fully saturated rings. The summed E-state index contributed by atoms with van der Waals surface area (Å²) in [5, 5.41) is 7.74. The first-order chi connectivity index (χ1) is 17.4. The number of alkyl halides is 3. The smallest absolute Gasteiger partial charge is 0.467 e. The summed E-state index contributed by atoms with van der Waals surface area (Å²) in [6.07, 6.45) is -4.25. The summed E-state index contributed by atoms with van der Waals surface area (Å²) in [7, 11) is 1.15. The highest BCUT2D eigenvalue weighted by molar-refractivity contribution is 5.98. The number of para-hydroxylation sites is 1. The van der Waals surface area contributed by atoms with Crippen molar-refractivity contribution in [2.24, 2.45) is 11.8 Å². The number of carbonyl (C=O) groups excluding carboxylic acids is 4. The Bertz CT molecular complexity index is 1170. The largest absolute Gasteiger partial charge is 0.573 e. The zero-order valence-electron chi connectivity index (χ0n) is 20.4.